The Balaban J connectivity index is 2.18. The Labute approximate surface area is 39.0 Å². The Morgan fingerprint density at radius 1 is 1.17 bits per heavy atom. The van der Waals surface area contributed by atoms with Gasteiger partial charge in [0, 0.05) is 0 Å². The van der Waals surface area contributed by atoms with Crippen LogP contribution < -0.4 is 5.64 Å². The zero-order valence-corrected chi connectivity index (χ0v) is 3.98. The van der Waals surface area contributed by atoms with Gasteiger partial charge in [-0.2, -0.15) is 0 Å². The third-order valence-corrected chi connectivity index (χ3v) is 1.40. The summed E-state index contributed by atoms with van der Waals surface area (Å²) in [4.78, 5) is 0. The summed E-state index contributed by atoms with van der Waals surface area (Å²) >= 11 is 0. The van der Waals surface area contributed by atoms with E-state index >= 15 is 0 Å². The molecule has 0 aromatic heterocycles. The average Bonchev–Trinajstić information content (AvgIpc) is 1.86. The van der Waals surface area contributed by atoms with Crippen LogP contribution in [0.3, 0.4) is 0 Å². The molecule has 1 heterocycles. The third kappa shape index (κ3) is 0.746. The summed E-state index contributed by atoms with van der Waals surface area (Å²) in [5.41, 5.74) is 5.53. The molecule has 1 aliphatic heterocycles. The first kappa shape index (κ1) is 4.19. The van der Waals surface area contributed by atoms with E-state index in [1.165, 1.54) is 25.5 Å². The first-order chi connectivity index (χ1) is 2.89. The van der Waals surface area contributed by atoms with Gasteiger partial charge in [0.05, 0.1) is 0 Å². The molecule has 0 saturated carbocycles. The summed E-state index contributed by atoms with van der Waals surface area (Å²) in [6.07, 6.45) is 5.25. The predicted molar refractivity (Wildman–Crippen MR) is 28.8 cm³/mol. The molecule has 1 nitrogen and oxygen atoms in total. The summed E-state index contributed by atoms with van der Waals surface area (Å²) in [7, 11) is 0. The van der Waals surface area contributed by atoms with E-state index in [2.05, 4.69) is 0 Å². The minimum absolute atomic E-state index is 0.546. The van der Waals surface area contributed by atoms with E-state index in [1.54, 1.807) is 0 Å². The average molecular weight is 82.9 g/mol. The monoisotopic (exact) mass is 83.1 g/mol. The van der Waals surface area contributed by atoms with E-state index in [4.69, 9.17) is 5.64 Å². The van der Waals surface area contributed by atoms with Crippen molar-refractivity contribution < 1.29 is 0 Å². The lowest BCUT2D eigenvalue weighted by Gasteiger charge is -1.85. The van der Waals surface area contributed by atoms with Crippen molar-refractivity contribution in [2.75, 3.05) is 0 Å². The fraction of sp³-hybridized carbons (Fsp3) is 1.00. The van der Waals surface area contributed by atoms with E-state index in [-0.39, 0.29) is 0 Å². The molecule has 1 aliphatic rings. The van der Waals surface area contributed by atoms with Crippen molar-refractivity contribution >= 4 is 6.85 Å². The largest absolute Gasteiger partial charge is 0.370 e. The lowest BCUT2D eigenvalue weighted by Crippen LogP contribution is -2.19. The molecule has 0 bridgehead atoms. The van der Waals surface area contributed by atoms with Gasteiger partial charge in [-0.1, -0.05) is 25.5 Å². The molecular formula is C4H10BN. The molecule has 0 unspecified atom stereocenters. The van der Waals surface area contributed by atoms with Crippen molar-refractivity contribution in [3.63, 3.8) is 0 Å². The smallest absolute Gasteiger partial charge is 0.217 e. The maximum atomic E-state index is 5.53. The molecule has 0 radical (unpaired) electrons. The van der Waals surface area contributed by atoms with Crippen LogP contribution in [0.5, 0.6) is 0 Å². The van der Waals surface area contributed by atoms with E-state index in [9.17, 15) is 0 Å². The highest BCUT2D eigenvalue weighted by Gasteiger charge is 2.12. The predicted octanol–water partition coefficient (Wildman–Crippen LogP) is 0.730. The van der Waals surface area contributed by atoms with Gasteiger partial charge in [-0.25, -0.2) is 0 Å². The van der Waals surface area contributed by atoms with Gasteiger partial charge in [0.1, 0.15) is 0 Å². The molecule has 1 rings (SSSR count). The summed E-state index contributed by atoms with van der Waals surface area (Å²) < 4.78 is 0. The van der Waals surface area contributed by atoms with Crippen molar-refractivity contribution in [3.8, 4) is 0 Å². The molecule has 0 aromatic rings. The molecule has 0 spiro atoms. The van der Waals surface area contributed by atoms with Gasteiger partial charge in [0.2, 0.25) is 6.85 Å². The molecule has 1 fully saturated rings. The van der Waals surface area contributed by atoms with Crippen LogP contribution in [0.2, 0.25) is 12.6 Å². The van der Waals surface area contributed by atoms with Crippen LogP contribution >= 0.6 is 0 Å². The summed E-state index contributed by atoms with van der Waals surface area (Å²) in [5, 5.41) is 0. The van der Waals surface area contributed by atoms with Gasteiger partial charge in [-0.15, -0.1) is 0 Å². The topological polar surface area (TPSA) is 26.0 Å². The standard InChI is InChI=1S/C4H10BN/c6-5-3-1-2-4-5/h1-4,6H2. The van der Waals surface area contributed by atoms with Crippen LogP contribution in [-0.4, -0.2) is 6.85 Å². The fourth-order valence-electron chi connectivity index (χ4n) is 0.957. The number of rotatable bonds is 0. The number of hydrogen-bond acceptors (Lipinski definition) is 1. The Kier molecular flexibility index (Phi) is 1.15. The molecule has 0 amide bonds. The summed E-state index contributed by atoms with van der Waals surface area (Å²) in [6.45, 7) is 0.546. The van der Waals surface area contributed by atoms with E-state index < -0.39 is 0 Å². The Hall–Kier alpha value is 0.0249. The fourth-order valence-corrected chi connectivity index (χ4v) is 0.957. The van der Waals surface area contributed by atoms with E-state index in [1.807, 2.05) is 0 Å². The van der Waals surface area contributed by atoms with Crippen molar-refractivity contribution in [2.45, 2.75) is 25.5 Å². The van der Waals surface area contributed by atoms with Crippen LogP contribution in [0.25, 0.3) is 0 Å². The second-order valence-electron chi connectivity index (χ2n) is 2.04. The molecular weight excluding hydrogens is 72.9 g/mol. The van der Waals surface area contributed by atoms with Crippen LogP contribution in [0, 0.1) is 0 Å². The zero-order chi connectivity index (χ0) is 4.41. The molecule has 0 atom stereocenters. The number of hydrogen-bond donors (Lipinski definition) is 1. The second-order valence-corrected chi connectivity index (χ2v) is 2.04. The molecule has 2 N–H and O–H groups in total. The number of nitrogens with two attached hydrogens (primary N) is 1. The molecule has 0 aliphatic carbocycles. The zero-order valence-electron chi connectivity index (χ0n) is 3.98. The van der Waals surface area contributed by atoms with Crippen molar-refractivity contribution in [1.82, 2.24) is 0 Å². The second kappa shape index (κ2) is 1.65. The van der Waals surface area contributed by atoms with Gasteiger partial charge in [0.25, 0.3) is 0 Å². The highest BCUT2D eigenvalue weighted by Crippen LogP contribution is 2.14. The van der Waals surface area contributed by atoms with Crippen LogP contribution in [-0.2, 0) is 0 Å². The van der Waals surface area contributed by atoms with Crippen molar-refractivity contribution in [1.29, 1.82) is 0 Å². The van der Waals surface area contributed by atoms with Gasteiger partial charge in [-0.3, -0.25) is 0 Å². The Morgan fingerprint density at radius 2 is 1.67 bits per heavy atom. The SMILES string of the molecule is NB1CCCC1. The quantitative estimate of drug-likeness (QED) is 0.429. The Bertz CT molecular complexity index is 40.8. The van der Waals surface area contributed by atoms with E-state index in [0.29, 0.717) is 6.85 Å². The lowest BCUT2D eigenvalue weighted by molar-refractivity contribution is 0.935. The minimum atomic E-state index is 0.546. The highest BCUT2D eigenvalue weighted by atomic mass is 14.4. The molecule has 1 saturated heterocycles. The normalized spacial score (nSPS) is 22.5. The highest BCUT2D eigenvalue weighted by molar-refractivity contribution is 6.55. The van der Waals surface area contributed by atoms with Gasteiger partial charge in [-0.05, 0) is 0 Å². The maximum absolute atomic E-state index is 5.53. The van der Waals surface area contributed by atoms with Gasteiger partial charge < -0.3 is 5.64 Å². The van der Waals surface area contributed by atoms with Gasteiger partial charge in [0.15, 0.2) is 0 Å². The van der Waals surface area contributed by atoms with Crippen molar-refractivity contribution in [3.05, 3.63) is 0 Å². The molecule has 2 heteroatoms. The molecule has 6 heavy (non-hydrogen) atoms. The van der Waals surface area contributed by atoms with Crippen molar-refractivity contribution in [2.24, 2.45) is 5.64 Å². The molecule has 0 aromatic carbocycles. The lowest BCUT2D eigenvalue weighted by atomic mass is 9.63. The molecule has 34 valence electrons. The summed E-state index contributed by atoms with van der Waals surface area (Å²) in [6, 6.07) is 0. The van der Waals surface area contributed by atoms with Gasteiger partial charge >= 0.3 is 0 Å². The van der Waals surface area contributed by atoms with E-state index in [0.717, 1.165) is 0 Å². The first-order valence-electron chi connectivity index (χ1n) is 2.65. The van der Waals surface area contributed by atoms with Crippen LogP contribution in [0.1, 0.15) is 12.8 Å². The van der Waals surface area contributed by atoms with Crippen LogP contribution in [0.4, 0.5) is 0 Å². The Morgan fingerprint density at radius 3 is 1.83 bits per heavy atom. The maximum Gasteiger partial charge on any atom is 0.217 e. The first-order valence-corrected chi connectivity index (χ1v) is 2.65. The third-order valence-electron chi connectivity index (χ3n) is 1.40. The van der Waals surface area contributed by atoms with Crippen LogP contribution in [0.15, 0.2) is 0 Å². The minimum Gasteiger partial charge on any atom is -0.370 e. The summed E-state index contributed by atoms with van der Waals surface area (Å²) in [5.74, 6) is 0.